The Morgan fingerprint density at radius 3 is 2.60 bits per heavy atom. The number of hydrogen-bond donors (Lipinski definition) is 1. The van der Waals surface area contributed by atoms with Crippen LogP contribution in [-0.2, 0) is 11.3 Å². The highest BCUT2D eigenvalue weighted by Crippen LogP contribution is 2.21. The first kappa shape index (κ1) is 18.4. The van der Waals surface area contributed by atoms with Crippen LogP contribution in [0.25, 0.3) is 0 Å². The van der Waals surface area contributed by atoms with E-state index < -0.39 is 17.5 Å². The summed E-state index contributed by atoms with van der Waals surface area (Å²) in [5, 5.41) is 2.64. The number of ether oxygens (including phenoxy) is 2. The molecular formula is C19H20FNO4. The van der Waals surface area contributed by atoms with Crippen LogP contribution in [0.4, 0.5) is 14.9 Å². The van der Waals surface area contributed by atoms with E-state index in [1.807, 2.05) is 0 Å². The molecule has 1 N–H and O–H groups in total. The molecule has 25 heavy (non-hydrogen) atoms. The zero-order valence-corrected chi connectivity index (χ0v) is 14.3. The average molecular weight is 345 g/mol. The molecular weight excluding hydrogens is 325 g/mol. The van der Waals surface area contributed by atoms with E-state index in [0.29, 0.717) is 12.0 Å². The second kappa shape index (κ2) is 7.79. The summed E-state index contributed by atoms with van der Waals surface area (Å²) in [6.07, 6.45) is -0.135. The molecule has 0 saturated carbocycles. The van der Waals surface area contributed by atoms with Crippen LogP contribution in [0.2, 0.25) is 0 Å². The number of amides is 1. The molecule has 0 bridgehead atoms. The summed E-state index contributed by atoms with van der Waals surface area (Å²) in [4.78, 5) is 22.8. The van der Waals surface area contributed by atoms with Crippen molar-refractivity contribution in [3.8, 4) is 5.75 Å². The molecule has 2 aromatic carbocycles. The highest BCUT2D eigenvalue weighted by molar-refractivity contribution is 5.85. The first-order chi connectivity index (χ1) is 11.8. The fourth-order valence-corrected chi connectivity index (χ4v) is 2.08. The number of carbonyl (C=O) groups is 2. The van der Waals surface area contributed by atoms with E-state index in [-0.39, 0.29) is 17.9 Å². The Morgan fingerprint density at radius 1 is 1.20 bits per heavy atom. The summed E-state index contributed by atoms with van der Waals surface area (Å²) in [6.45, 7) is 5.45. The molecule has 6 heteroatoms. The van der Waals surface area contributed by atoms with Crippen LogP contribution in [0.5, 0.6) is 5.75 Å². The summed E-state index contributed by atoms with van der Waals surface area (Å²) in [5.74, 6) is -0.464. The minimum atomic E-state index is -0.632. The Morgan fingerprint density at radius 2 is 1.92 bits per heavy atom. The van der Waals surface area contributed by atoms with Crippen LogP contribution >= 0.6 is 0 Å². The lowest BCUT2D eigenvalue weighted by atomic mass is 10.2. The van der Waals surface area contributed by atoms with E-state index in [4.69, 9.17) is 9.47 Å². The van der Waals surface area contributed by atoms with Gasteiger partial charge in [0.1, 0.15) is 23.8 Å². The van der Waals surface area contributed by atoms with Gasteiger partial charge >= 0.3 is 6.09 Å². The quantitative estimate of drug-likeness (QED) is 0.807. The molecule has 2 aromatic rings. The van der Waals surface area contributed by atoms with Crippen LogP contribution in [-0.4, -0.2) is 18.0 Å². The van der Waals surface area contributed by atoms with Crippen molar-refractivity contribution in [3.05, 3.63) is 59.4 Å². The highest BCUT2D eigenvalue weighted by Gasteiger charge is 2.16. The van der Waals surface area contributed by atoms with Crippen molar-refractivity contribution in [2.75, 3.05) is 5.32 Å². The number of benzene rings is 2. The van der Waals surface area contributed by atoms with Gasteiger partial charge in [0.05, 0.1) is 5.56 Å². The minimum absolute atomic E-state index is 0.119. The molecule has 132 valence electrons. The summed E-state index contributed by atoms with van der Waals surface area (Å²) in [6, 6.07) is 11.2. The number of nitrogens with one attached hydrogen (secondary N) is 1. The van der Waals surface area contributed by atoms with E-state index in [2.05, 4.69) is 5.32 Å². The van der Waals surface area contributed by atoms with Crippen molar-refractivity contribution in [1.29, 1.82) is 0 Å². The average Bonchev–Trinajstić information content (AvgIpc) is 2.51. The van der Waals surface area contributed by atoms with Crippen molar-refractivity contribution in [3.63, 3.8) is 0 Å². The zero-order valence-electron chi connectivity index (χ0n) is 14.3. The van der Waals surface area contributed by atoms with Gasteiger partial charge in [-0.2, -0.15) is 0 Å². The molecule has 0 fully saturated rings. The lowest BCUT2D eigenvalue weighted by Crippen LogP contribution is -2.27. The van der Waals surface area contributed by atoms with Gasteiger partial charge in [-0.15, -0.1) is 0 Å². The van der Waals surface area contributed by atoms with E-state index in [1.54, 1.807) is 45.0 Å². The van der Waals surface area contributed by atoms with Crippen LogP contribution in [0, 0.1) is 5.82 Å². The molecule has 0 aliphatic heterocycles. The number of aldehydes is 1. The van der Waals surface area contributed by atoms with Gasteiger partial charge in [0, 0.05) is 5.69 Å². The molecule has 2 rings (SSSR count). The fraction of sp³-hybridized carbons (Fsp3) is 0.263. The Kier molecular flexibility index (Phi) is 5.75. The predicted octanol–water partition coefficient (Wildman–Crippen LogP) is 4.56. The van der Waals surface area contributed by atoms with Crippen LogP contribution in [0.15, 0.2) is 42.5 Å². The number of rotatable bonds is 5. The predicted molar refractivity (Wildman–Crippen MR) is 92.4 cm³/mol. The van der Waals surface area contributed by atoms with Crippen molar-refractivity contribution in [1.82, 2.24) is 0 Å². The van der Waals surface area contributed by atoms with E-state index in [0.717, 1.165) is 5.56 Å². The van der Waals surface area contributed by atoms with Gasteiger partial charge in [-0.1, -0.05) is 18.2 Å². The summed E-state index contributed by atoms with van der Waals surface area (Å²) in [5.41, 5.74) is 0.582. The van der Waals surface area contributed by atoms with Crippen LogP contribution in [0.1, 0.15) is 36.7 Å². The van der Waals surface area contributed by atoms with E-state index in [9.17, 15) is 14.0 Å². The van der Waals surface area contributed by atoms with Crippen molar-refractivity contribution >= 4 is 18.1 Å². The van der Waals surface area contributed by atoms with Crippen molar-refractivity contribution < 1.29 is 23.5 Å². The molecule has 0 aliphatic carbocycles. The molecule has 0 radical (unpaired) electrons. The monoisotopic (exact) mass is 345 g/mol. The van der Waals surface area contributed by atoms with Gasteiger partial charge in [0.15, 0.2) is 6.29 Å². The van der Waals surface area contributed by atoms with Gasteiger partial charge in [-0.05, 0) is 50.6 Å². The molecule has 0 saturated heterocycles. The molecule has 0 aromatic heterocycles. The zero-order chi connectivity index (χ0) is 18.4. The smallest absolute Gasteiger partial charge is 0.412 e. The summed E-state index contributed by atoms with van der Waals surface area (Å²) in [7, 11) is 0. The topological polar surface area (TPSA) is 64.6 Å². The third-order valence-corrected chi connectivity index (χ3v) is 3.10. The van der Waals surface area contributed by atoms with Crippen molar-refractivity contribution in [2.45, 2.75) is 33.0 Å². The first-order valence-electron chi connectivity index (χ1n) is 7.74. The second-order valence-electron chi connectivity index (χ2n) is 6.39. The lowest BCUT2D eigenvalue weighted by Gasteiger charge is -2.19. The number of anilines is 1. The number of hydrogen-bond acceptors (Lipinski definition) is 4. The molecule has 0 spiro atoms. The van der Waals surface area contributed by atoms with Gasteiger partial charge in [0.2, 0.25) is 0 Å². The Balaban J connectivity index is 2.04. The standard InChI is InChI=1S/C19H20FNO4/c1-19(2,3)25-18(23)21-14-7-4-6-13(10-14)12-24-17-9-5-8-16(20)15(17)11-22/h4-11H,12H2,1-3H3,(H,21,23). The Bertz CT molecular complexity index is 768. The third kappa shape index (κ3) is 5.60. The Hall–Kier alpha value is -2.89. The van der Waals surface area contributed by atoms with Crippen LogP contribution < -0.4 is 10.1 Å². The Labute approximate surface area is 145 Å². The number of halogens is 1. The molecule has 0 unspecified atom stereocenters. The molecule has 0 atom stereocenters. The third-order valence-electron chi connectivity index (χ3n) is 3.10. The van der Waals surface area contributed by atoms with E-state index in [1.165, 1.54) is 18.2 Å². The van der Waals surface area contributed by atoms with Gasteiger partial charge in [-0.25, -0.2) is 9.18 Å². The maximum absolute atomic E-state index is 13.5. The van der Waals surface area contributed by atoms with E-state index >= 15 is 0 Å². The second-order valence-corrected chi connectivity index (χ2v) is 6.39. The SMILES string of the molecule is CC(C)(C)OC(=O)Nc1cccc(COc2cccc(F)c2C=O)c1. The molecule has 1 amide bonds. The molecule has 5 nitrogen and oxygen atoms in total. The highest BCUT2D eigenvalue weighted by atomic mass is 19.1. The number of carbonyl (C=O) groups excluding carboxylic acids is 2. The lowest BCUT2D eigenvalue weighted by molar-refractivity contribution is 0.0635. The largest absolute Gasteiger partial charge is 0.488 e. The summed E-state index contributed by atoms with van der Waals surface area (Å²) < 4.78 is 24.3. The molecule has 0 heterocycles. The van der Waals surface area contributed by atoms with Gasteiger partial charge in [-0.3, -0.25) is 10.1 Å². The van der Waals surface area contributed by atoms with Crippen molar-refractivity contribution in [2.24, 2.45) is 0 Å². The fourth-order valence-electron chi connectivity index (χ4n) is 2.08. The normalized spacial score (nSPS) is 10.9. The molecule has 0 aliphatic rings. The maximum Gasteiger partial charge on any atom is 0.412 e. The van der Waals surface area contributed by atoms with Gasteiger partial charge < -0.3 is 9.47 Å². The summed E-state index contributed by atoms with van der Waals surface area (Å²) >= 11 is 0. The van der Waals surface area contributed by atoms with Crippen LogP contribution in [0.3, 0.4) is 0 Å². The minimum Gasteiger partial charge on any atom is -0.488 e. The first-order valence-corrected chi connectivity index (χ1v) is 7.74. The van der Waals surface area contributed by atoms with Gasteiger partial charge in [0.25, 0.3) is 0 Å². The maximum atomic E-state index is 13.5.